The average molecular weight is 313 g/mol. The number of hydrogen-bond acceptors (Lipinski definition) is 4. The van der Waals surface area contributed by atoms with Gasteiger partial charge >= 0.3 is 0 Å². The largest absolute Gasteiger partial charge is 0.362 e. The highest BCUT2D eigenvalue weighted by atomic mass is 16.5. The second-order valence-electron chi connectivity index (χ2n) is 5.77. The van der Waals surface area contributed by atoms with E-state index in [4.69, 9.17) is 4.74 Å². The lowest BCUT2D eigenvalue weighted by Crippen LogP contribution is -2.58. The minimum Gasteiger partial charge on any atom is -0.362 e. The van der Waals surface area contributed by atoms with Crippen molar-refractivity contribution < 1.29 is 14.3 Å². The topological polar surface area (TPSA) is 71.5 Å². The summed E-state index contributed by atoms with van der Waals surface area (Å²) in [5, 5.41) is 3.51. The summed E-state index contributed by atoms with van der Waals surface area (Å²) in [6.45, 7) is 2.70. The lowest BCUT2D eigenvalue weighted by atomic mass is 10.0. The number of likely N-dealkylation sites (N-methyl/N-ethyl adjacent to an activating group) is 1. The quantitative estimate of drug-likeness (QED) is 0.905. The molecule has 6 heteroatoms. The van der Waals surface area contributed by atoms with Crippen LogP contribution in [0.25, 0.3) is 10.9 Å². The van der Waals surface area contributed by atoms with Crippen LogP contribution in [0.2, 0.25) is 0 Å². The number of fused-ring (bicyclic) bond motifs is 1. The van der Waals surface area contributed by atoms with Gasteiger partial charge in [0.2, 0.25) is 0 Å². The van der Waals surface area contributed by atoms with Gasteiger partial charge in [0.1, 0.15) is 0 Å². The van der Waals surface area contributed by atoms with Crippen LogP contribution in [-0.4, -0.2) is 54.0 Å². The van der Waals surface area contributed by atoms with Crippen LogP contribution in [0.15, 0.2) is 36.5 Å². The van der Waals surface area contributed by atoms with Crippen molar-refractivity contribution in [1.82, 2.24) is 15.2 Å². The first-order chi connectivity index (χ1) is 11.0. The normalized spacial score (nSPS) is 21.2. The summed E-state index contributed by atoms with van der Waals surface area (Å²) in [6, 6.07) is 9.30. The van der Waals surface area contributed by atoms with Crippen molar-refractivity contribution in [3.8, 4) is 0 Å². The fraction of sp³-hybridized carbons (Fsp3) is 0.353. The van der Waals surface area contributed by atoms with Gasteiger partial charge < -0.3 is 15.0 Å². The van der Waals surface area contributed by atoms with Crippen molar-refractivity contribution in [3.05, 3.63) is 42.1 Å². The molecule has 23 heavy (non-hydrogen) atoms. The number of ether oxygens (including phenoxy) is 1. The summed E-state index contributed by atoms with van der Waals surface area (Å²) < 4.78 is 5.60. The van der Waals surface area contributed by atoms with Crippen molar-refractivity contribution in [2.45, 2.75) is 12.5 Å². The zero-order chi connectivity index (χ0) is 16.4. The number of nitrogens with one attached hydrogen (secondary N) is 1. The Hall–Kier alpha value is -2.47. The molecule has 3 rings (SSSR count). The van der Waals surface area contributed by atoms with Gasteiger partial charge in [0.25, 0.3) is 11.8 Å². The first-order valence-corrected chi connectivity index (χ1v) is 7.54. The summed E-state index contributed by atoms with van der Waals surface area (Å²) in [5.74, 6) is -0.362. The molecule has 1 aliphatic rings. The predicted octanol–water partition coefficient (Wildman–Crippen LogP) is 1.21. The van der Waals surface area contributed by atoms with E-state index in [-0.39, 0.29) is 18.4 Å². The molecule has 1 aromatic heterocycles. The highest BCUT2D eigenvalue weighted by Gasteiger charge is 2.40. The Bertz CT molecular complexity index is 756. The molecule has 0 spiro atoms. The summed E-state index contributed by atoms with van der Waals surface area (Å²) in [6.07, 6.45) is 1.67. The Morgan fingerprint density at radius 1 is 1.30 bits per heavy atom. The number of carbonyl (C=O) groups excluding carboxylic acids is 2. The molecule has 120 valence electrons. The molecule has 1 saturated heterocycles. The Morgan fingerprint density at radius 2 is 2.09 bits per heavy atom. The van der Waals surface area contributed by atoms with E-state index in [1.54, 1.807) is 31.1 Å². The first-order valence-electron chi connectivity index (χ1n) is 7.54. The molecule has 1 aliphatic heterocycles. The monoisotopic (exact) mass is 313 g/mol. The number of para-hydroxylation sites is 1. The Balaban J connectivity index is 1.92. The summed E-state index contributed by atoms with van der Waals surface area (Å²) in [7, 11) is 1.56. The van der Waals surface area contributed by atoms with Crippen molar-refractivity contribution in [2.75, 3.05) is 26.7 Å². The van der Waals surface area contributed by atoms with Crippen LogP contribution in [0.4, 0.5) is 0 Å². The Kier molecular flexibility index (Phi) is 4.00. The number of nitrogens with zero attached hydrogens (tertiary/aromatic N) is 2. The summed E-state index contributed by atoms with van der Waals surface area (Å²) >= 11 is 0. The standard InChI is InChI=1S/C17H19N3O3/c1-17(16(22)18-2)11-20(9-10-23-17)15(21)13-7-3-5-12-6-4-8-19-14(12)13/h3-8H,9-11H2,1-2H3,(H,18,22). The molecule has 1 aromatic carbocycles. The molecule has 2 amide bonds. The van der Waals surface area contributed by atoms with Crippen LogP contribution < -0.4 is 5.32 Å². The molecule has 2 heterocycles. The molecular formula is C17H19N3O3. The van der Waals surface area contributed by atoms with Gasteiger partial charge in [0.15, 0.2) is 5.60 Å². The van der Waals surface area contributed by atoms with Gasteiger partial charge in [0.05, 0.1) is 24.2 Å². The fourth-order valence-electron chi connectivity index (χ4n) is 2.89. The SMILES string of the molecule is CNC(=O)C1(C)CN(C(=O)c2cccc3cccnc23)CCO1. The lowest BCUT2D eigenvalue weighted by molar-refractivity contribution is -0.153. The third-order valence-corrected chi connectivity index (χ3v) is 4.13. The van der Waals surface area contributed by atoms with Crippen LogP contribution in [-0.2, 0) is 9.53 Å². The second kappa shape index (κ2) is 5.96. The van der Waals surface area contributed by atoms with Gasteiger partial charge in [-0.2, -0.15) is 0 Å². The van der Waals surface area contributed by atoms with Gasteiger partial charge in [-0.3, -0.25) is 14.6 Å². The van der Waals surface area contributed by atoms with E-state index >= 15 is 0 Å². The highest BCUT2D eigenvalue weighted by molar-refractivity contribution is 6.05. The second-order valence-corrected chi connectivity index (χ2v) is 5.77. The number of pyridine rings is 1. The van der Waals surface area contributed by atoms with Gasteiger partial charge in [-0.25, -0.2) is 0 Å². The number of rotatable bonds is 2. The third kappa shape index (κ3) is 2.77. The third-order valence-electron chi connectivity index (χ3n) is 4.13. The van der Waals surface area contributed by atoms with E-state index in [0.29, 0.717) is 24.2 Å². The Morgan fingerprint density at radius 3 is 2.87 bits per heavy atom. The van der Waals surface area contributed by atoms with Gasteiger partial charge in [-0.05, 0) is 19.1 Å². The molecule has 0 bridgehead atoms. The molecular weight excluding hydrogens is 294 g/mol. The molecule has 1 unspecified atom stereocenters. The maximum atomic E-state index is 12.9. The van der Waals surface area contributed by atoms with E-state index in [1.807, 2.05) is 24.3 Å². The summed E-state index contributed by atoms with van der Waals surface area (Å²) in [5.41, 5.74) is 0.193. The lowest BCUT2D eigenvalue weighted by Gasteiger charge is -2.39. The zero-order valence-corrected chi connectivity index (χ0v) is 13.2. The van der Waals surface area contributed by atoms with E-state index in [2.05, 4.69) is 10.3 Å². The number of amides is 2. The van der Waals surface area contributed by atoms with Crippen molar-refractivity contribution in [1.29, 1.82) is 0 Å². The molecule has 1 fully saturated rings. The van der Waals surface area contributed by atoms with E-state index in [1.165, 1.54) is 0 Å². The molecule has 0 aliphatic carbocycles. The molecule has 0 radical (unpaired) electrons. The maximum Gasteiger partial charge on any atom is 0.256 e. The number of aromatic nitrogens is 1. The minimum absolute atomic E-state index is 0.132. The maximum absolute atomic E-state index is 12.9. The van der Waals surface area contributed by atoms with Crippen molar-refractivity contribution >= 4 is 22.7 Å². The molecule has 6 nitrogen and oxygen atoms in total. The van der Waals surface area contributed by atoms with Gasteiger partial charge in [0, 0.05) is 25.2 Å². The van der Waals surface area contributed by atoms with Crippen LogP contribution in [0, 0.1) is 0 Å². The molecule has 1 atom stereocenters. The molecule has 2 aromatic rings. The highest BCUT2D eigenvalue weighted by Crippen LogP contribution is 2.22. The minimum atomic E-state index is -1.03. The van der Waals surface area contributed by atoms with Gasteiger partial charge in [-0.1, -0.05) is 18.2 Å². The van der Waals surface area contributed by atoms with Crippen LogP contribution >= 0.6 is 0 Å². The van der Waals surface area contributed by atoms with Crippen LogP contribution in [0.3, 0.4) is 0 Å². The van der Waals surface area contributed by atoms with Crippen LogP contribution in [0.5, 0.6) is 0 Å². The number of hydrogen-bond donors (Lipinski definition) is 1. The van der Waals surface area contributed by atoms with Gasteiger partial charge in [-0.15, -0.1) is 0 Å². The predicted molar refractivity (Wildman–Crippen MR) is 86.1 cm³/mol. The molecule has 0 saturated carbocycles. The first kappa shape index (κ1) is 15.4. The smallest absolute Gasteiger partial charge is 0.256 e. The summed E-state index contributed by atoms with van der Waals surface area (Å²) in [4.78, 5) is 30.9. The van der Waals surface area contributed by atoms with Crippen molar-refractivity contribution in [2.24, 2.45) is 0 Å². The Labute approximate surface area is 134 Å². The number of benzene rings is 1. The fourth-order valence-corrected chi connectivity index (χ4v) is 2.89. The van der Waals surface area contributed by atoms with Crippen LogP contribution in [0.1, 0.15) is 17.3 Å². The van der Waals surface area contributed by atoms with E-state index in [0.717, 1.165) is 5.39 Å². The number of carbonyl (C=O) groups is 2. The average Bonchev–Trinajstić information content (AvgIpc) is 2.60. The molecule has 1 N–H and O–H groups in total. The van der Waals surface area contributed by atoms with E-state index < -0.39 is 5.60 Å². The van der Waals surface area contributed by atoms with Crippen molar-refractivity contribution in [3.63, 3.8) is 0 Å². The number of morpholine rings is 1. The van der Waals surface area contributed by atoms with E-state index in [9.17, 15) is 9.59 Å². The zero-order valence-electron chi connectivity index (χ0n) is 13.2.